The Morgan fingerprint density at radius 2 is 2.10 bits per heavy atom. The number of hydrogen-bond donors (Lipinski definition) is 3. The molecule has 0 fully saturated rings. The number of halogens is 1. The van der Waals surface area contributed by atoms with Gasteiger partial charge in [0.2, 0.25) is 11.8 Å². The van der Waals surface area contributed by atoms with Gasteiger partial charge in [0.1, 0.15) is 6.04 Å². The van der Waals surface area contributed by atoms with E-state index < -0.39 is 6.04 Å². The van der Waals surface area contributed by atoms with Crippen molar-refractivity contribution in [3.05, 3.63) is 11.6 Å². The molecule has 0 aliphatic rings. The maximum atomic E-state index is 12.1. The molecule has 2 amide bonds. The van der Waals surface area contributed by atoms with E-state index in [9.17, 15) is 9.59 Å². The second-order valence-electron chi connectivity index (χ2n) is 4.61. The number of anilines is 1. The van der Waals surface area contributed by atoms with Crippen LogP contribution in [0.4, 0.5) is 5.13 Å². The summed E-state index contributed by atoms with van der Waals surface area (Å²) in [6.45, 7) is 4.21. The molecule has 0 aliphatic heterocycles. The molecule has 1 unspecified atom stereocenters. The zero-order chi connectivity index (χ0) is 14.3. The van der Waals surface area contributed by atoms with E-state index in [1.54, 1.807) is 18.6 Å². The lowest BCUT2D eigenvalue weighted by atomic mass is 10.0. The molecular weight excluding hydrogens is 300 g/mol. The molecule has 1 atom stereocenters. The minimum Gasteiger partial charge on any atom is -0.343 e. The van der Waals surface area contributed by atoms with E-state index in [4.69, 9.17) is 0 Å². The first kappa shape index (κ1) is 18.8. The highest BCUT2D eigenvalue weighted by Crippen LogP contribution is 2.12. The van der Waals surface area contributed by atoms with Crippen LogP contribution in [0.2, 0.25) is 0 Å². The Labute approximate surface area is 129 Å². The standard InChI is InChI=1S/C12H20N4O2S.ClH/c1-8(2)6-9(15-10(17)7-13-3)11(18)16-12-14-4-5-19-12;/h4-5,8-9,13H,6-7H2,1-3H3,(H,15,17)(H,14,16,18);1H. The Hall–Kier alpha value is -1.18. The van der Waals surface area contributed by atoms with Gasteiger partial charge in [-0.2, -0.15) is 0 Å². The number of nitrogens with zero attached hydrogens (tertiary/aromatic N) is 1. The van der Waals surface area contributed by atoms with Crippen molar-refractivity contribution < 1.29 is 9.59 Å². The number of amides is 2. The Bertz CT molecular complexity index is 412. The van der Waals surface area contributed by atoms with E-state index in [2.05, 4.69) is 20.9 Å². The van der Waals surface area contributed by atoms with Gasteiger partial charge in [0.25, 0.3) is 0 Å². The van der Waals surface area contributed by atoms with Crippen molar-refractivity contribution >= 4 is 40.7 Å². The Morgan fingerprint density at radius 3 is 2.60 bits per heavy atom. The molecule has 0 saturated carbocycles. The quantitative estimate of drug-likeness (QED) is 0.706. The van der Waals surface area contributed by atoms with Gasteiger partial charge in [0.05, 0.1) is 6.54 Å². The fourth-order valence-corrected chi connectivity index (χ4v) is 2.12. The summed E-state index contributed by atoms with van der Waals surface area (Å²) in [4.78, 5) is 27.7. The second kappa shape index (κ2) is 9.68. The number of thiazole rings is 1. The predicted octanol–water partition coefficient (Wildman–Crippen LogP) is 1.25. The van der Waals surface area contributed by atoms with Crippen LogP contribution >= 0.6 is 23.7 Å². The number of rotatable bonds is 7. The lowest BCUT2D eigenvalue weighted by Gasteiger charge is -2.19. The summed E-state index contributed by atoms with van der Waals surface area (Å²) in [5.41, 5.74) is 0. The summed E-state index contributed by atoms with van der Waals surface area (Å²) >= 11 is 1.35. The van der Waals surface area contributed by atoms with Crippen LogP contribution < -0.4 is 16.0 Å². The summed E-state index contributed by atoms with van der Waals surface area (Å²) in [6.07, 6.45) is 2.21. The monoisotopic (exact) mass is 320 g/mol. The van der Waals surface area contributed by atoms with Gasteiger partial charge in [-0.1, -0.05) is 13.8 Å². The molecule has 0 saturated heterocycles. The summed E-state index contributed by atoms with van der Waals surface area (Å²) in [7, 11) is 1.69. The normalized spacial score (nSPS) is 11.6. The van der Waals surface area contributed by atoms with E-state index >= 15 is 0 Å². The van der Waals surface area contributed by atoms with Crippen LogP contribution in [0.5, 0.6) is 0 Å². The first-order valence-corrected chi connectivity index (χ1v) is 7.05. The third-order valence-electron chi connectivity index (χ3n) is 2.36. The molecule has 0 spiro atoms. The zero-order valence-corrected chi connectivity index (χ0v) is 13.4. The Balaban J connectivity index is 0.00000361. The fraction of sp³-hybridized carbons (Fsp3) is 0.583. The van der Waals surface area contributed by atoms with Crippen molar-refractivity contribution in [3.63, 3.8) is 0 Å². The molecule has 6 nitrogen and oxygen atoms in total. The van der Waals surface area contributed by atoms with E-state index in [-0.39, 0.29) is 30.8 Å². The number of aromatic nitrogens is 1. The van der Waals surface area contributed by atoms with Crippen LogP contribution in [0, 0.1) is 5.92 Å². The van der Waals surface area contributed by atoms with Crippen molar-refractivity contribution in [3.8, 4) is 0 Å². The molecule has 0 bridgehead atoms. The van der Waals surface area contributed by atoms with E-state index in [0.717, 1.165) is 0 Å². The number of nitrogens with one attached hydrogen (secondary N) is 3. The summed E-state index contributed by atoms with van der Waals surface area (Å²) in [5, 5.41) is 10.5. The molecule has 3 N–H and O–H groups in total. The van der Waals surface area contributed by atoms with Gasteiger partial charge < -0.3 is 16.0 Å². The lowest BCUT2D eigenvalue weighted by molar-refractivity contribution is -0.126. The smallest absolute Gasteiger partial charge is 0.248 e. The number of hydrogen-bond acceptors (Lipinski definition) is 5. The number of carbonyl (C=O) groups excluding carboxylic acids is 2. The highest BCUT2D eigenvalue weighted by molar-refractivity contribution is 7.13. The summed E-state index contributed by atoms with van der Waals surface area (Å²) in [6, 6.07) is -0.537. The largest absolute Gasteiger partial charge is 0.343 e. The van der Waals surface area contributed by atoms with Gasteiger partial charge >= 0.3 is 0 Å². The average Bonchev–Trinajstić information content (AvgIpc) is 2.80. The summed E-state index contributed by atoms with van der Waals surface area (Å²) in [5.74, 6) is -0.113. The molecule has 20 heavy (non-hydrogen) atoms. The minimum absolute atomic E-state index is 0. The molecule has 1 rings (SSSR count). The lowest BCUT2D eigenvalue weighted by Crippen LogP contribution is -2.47. The second-order valence-corrected chi connectivity index (χ2v) is 5.50. The van der Waals surface area contributed by atoms with Gasteiger partial charge in [0, 0.05) is 11.6 Å². The van der Waals surface area contributed by atoms with E-state index in [1.807, 2.05) is 13.8 Å². The van der Waals surface area contributed by atoms with Crippen LogP contribution in [0.3, 0.4) is 0 Å². The molecule has 1 aromatic heterocycles. The van der Waals surface area contributed by atoms with Gasteiger partial charge in [-0.05, 0) is 19.4 Å². The van der Waals surface area contributed by atoms with Gasteiger partial charge in [-0.25, -0.2) is 4.98 Å². The first-order chi connectivity index (χ1) is 9.02. The van der Waals surface area contributed by atoms with Crippen molar-refractivity contribution in [2.24, 2.45) is 5.92 Å². The van der Waals surface area contributed by atoms with Crippen molar-refractivity contribution in [1.29, 1.82) is 0 Å². The molecule has 114 valence electrons. The minimum atomic E-state index is -0.537. The summed E-state index contributed by atoms with van der Waals surface area (Å²) < 4.78 is 0. The first-order valence-electron chi connectivity index (χ1n) is 6.17. The van der Waals surface area contributed by atoms with Crippen molar-refractivity contribution in [2.45, 2.75) is 26.3 Å². The van der Waals surface area contributed by atoms with Gasteiger partial charge in [-0.15, -0.1) is 23.7 Å². The van der Waals surface area contributed by atoms with E-state index in [0.29, 0.717) is 17.5 Å². The molecule has 0 radical (unpaired) electrons. The molecule has 8 heteroatoms. The fourth-order valence-electron chi connectivity index (χ4n) is 1.59. The Kier molecular flexibility index (Phi) is 9.11. The van der Waals surface area contributed by atoms with Crippen LogP contribution in [0.1, 0.15) is 20.3 Å². The van der Waals surface area contributed by atoms with Gasteiger partial charge in [0.15, 0.2) is 5.13 Å². The van der Waals surface area contributed by atoms with Crippen LogP contribution in [-0.2, 0) is 9.59 Å². The predicted molar refractivity (Wildman–Crippen MR) is 83.3 cm³/mol. The topological polar surface area (TPSA) is 83.1 Å². The molecule has 1 aromatic rings. The van der Waals surface area contributed by atoms with Crippen molar-refractivity contribution in [2.75, 3.05) is 18.9 Å². The SMILES string of the molecule is CNCC(=O)NC(CC(C)C)C(=O)Nc1nccs1.Cl. The third kappa shape index (κ3) is 6.83. The Morgan fingerprint density at radius 1 is 1.40 bits per heavy atom. The number of likely N-dealkylation sites (N-methyl/N-ethyl adjacent to an activating group) is 1. The number of carbonyl (C=O) groups is 2. The average molecular weight is 321 g/mol. The third-order valence-corrected chi connectivity index (χ3v) is 3.05. The maximum absolute atomic E-state index is 12.1. The van der Waals surface area contributed by atoms with Crippen molar-refractivity contribution in [1.82, 2.24) is 15.6 Å². The van der Waals surface area contributed by atoms with Crippen LogP contribution in [0.25, 0.3) is 0 Å². The van der Waals surface area contributed by atoms with Gasteiger partial charge in [-0.3, -0.25) is 9.59 Å². The molecule has 1 heterocycles. The maximum Gasteiger partial charge on any atom is 0.248 e. The zero-order valence-electron chi connectivity index (χ0n) is 11.8. The molecular formula is C12H21ClN4O2S. The molecule has 0 aromatic carbocycles. The highest BCUT2D eigenvalue weighted by atomic mass is 35.5. The van der Waals surface area contributed by atoms with Crippen LogP contribution in [0.15, 0.2) is 11.6 Å². The highest BCUT2D eigenvalue weighted by Gasteiger charge is 2.22. The molecule has 0 aliphatic carbocycles. The van der Waals surface area contributed by atoms with Crippen LogP contribution in [-0.4, -0.2) is 36.4 Å². The van der Waals surface area contributed by atoms with E-state index in [1.165, 1.54) is 11.3 Å².